The third-order valence-electron chi connectivity index (χ3n) is 10.2. The van der Waals surface area contributed by atoms with E-state index in [0.717, 1.165) is 38.6 Å². The molecular weight excluding hydrogens is 739 g/mol. The van der Waals surface area contributed by atoms with Crippen molar-refractivity contribution < 1.29 is 29.1 Å². The van der Waals surface area contributed by atoms with Crippen molar-refractivity contribution in [1.29, 1.82) is 0 Å². The van der Waals surface area contributed by atoms with Gasteiger partial charge < -0.3 is 15.7 Å². The van der Waals surface area contributed by atoms with Crippen LogP contribution in [-0.2, 0) is 22.7 Å². The molecule has 0 radical (unpaired) electrons. The van der Waals surface area contributed by atoms with Gasteiger partial charge in [0.05, 0.1) is 36.0 Å². The molecule has 3 aromatic heterocycles. The number of carbonyl (C=O) groups excluding carboxylic acids is 4. The summed E-state index contributed by atoms with van der Waals surface area (Å²) in [6.45, 7) is 0.637. The zero-order valence-corrected chi connectivity index (χ0v) is 30.6. The fourth-order valence-electron chi connectivity index (χ4n) is 7.31. The highest BCUT2D eigenvalue weighted by atomic mass is 16.4. The number of benzene rings is 4. The van der Waals surface area contributed by atoms with Gasteiger partial charge in [0.25, 0.3) is 11.8 Å². The number of anilines is 3. The smallest absolute Gasteiger partial charge is 0.335 e. The quantitative estimate of drug-likeness (QED) is 0.117. The molecular formula is C43H33N9O6. The van der Waals surface area contributed by atoms with Crippen molar-refractivity contribution in [3.63, 3.8) is 0 Å². The van der Waals surface area contributed by atoms with E-state index in [4.69, 9.17) is 4.98 Å². The highest BCUT2D eigenvalue weighted by molar-refractivity contribution is 6.25. The molecule has 0 spiro atoms. The van der Waals surface area contributed by atoms with E-state index in [9.17, 15) is 29.1 Å². The number of carboxylic acids is 1. The molecule has 4 N–H and O–H groups in total. The minimum Gasteiger partial charge on any atom is -0.478 e. The van der Waals surface area contributed by atoms with Crippen LogP contribution in [0, 0.1) is 0 Å². The number of fused-ring (bicyclic) bond motifs is 2. The molecule has 2 aliphatic rings. The molecule has 1 unspecified atom stereocenters. The number of hydrogen-bond acceptors (Lipinski definition) is 10. The monoisotopic (exact) mass is 771 g/mol. The second-order valence-corrected chi connectivity index (χ2v) is 14.0. The maximum absolute atomic E-state index is 13.5. The molecule has 4 aromatic carbocycles. The number of nitrogens with zero attached hydrogens (tertiary/aromatic N) is 6. The molecule has 2 aliphatic heterocycles. The predicted molar refractivity (Wildman–Crippen MR) is 212 cm³/mol. The van der Waals surface area contributed by atoms with Gasteiger partial charge >= 0.3 is 5.97 Å². The van der Waals surface area contributed by atoms with Gasteiger partial charge in [0.1, 0.15) is 28.9 Å². The van der Waals surface area contributed by atoms with E-state index in [-0.39, 0.29) is 36.1 Å². The fraction of sp³-hybridized carbons (Fsp3) is 0.116. The Bertz CT molecular complexity index is 2780. The van der Waals surface area contributed by atoms with Crippen molar-refractivity contribution in [2.45, 2.75) is 32.0 Å². The number of carbonyl (C=O) groups is 5. The first-order chi connectivity index (χ1) is 28.2. The van der Waals surface area contributed by atoms with Crippen molar-refractivity contribution in [2.24, 2.45) is 0 Å². The van der Waals surface area contributed by atoms with Gasteiger partial charge in [-0.3, -0.25) is 33.8 Å². The summed E-state index contributed by atoms with van der Waals surface area (Å²) >= 11 is 0. The van der Waals surface area contributed by atoms with Crippen molar-refractivity contribution in [1.82, 2.24) is 34.6 Å². The van der Waals surface area contributed by atoms with E-state index < -0.39 is 35.6 Å². The fourth-order valence-corrected chi connectivity index (χ4v) is 7.31. The van der Waals surface area contributed by atoms with Gasteiger partial charge in [0.2, 0.25) is 11.8 Å². The Labute approximate surface area is 329 Å². The van der Waals surface area contributed by atoms with Crippen LogP contribution in [0.1, 0.15) is 55.2 Å². The molecule has 15 nitrogen and oxygen atoms in total. The molecule has 0 aliphatic carbocycles. The molecule has 9 rings (SSSR count). The third-order valence-corrected chi connectivity index (χ3v) is 10.2. The summed E-state index contributed by atoms with van der Waals surface area (Å²) in [7, 11) is 0. The van der Waals surface area contributed by atoms with E-state index in [0.29, 0.717) is 29.3 Å². The second-order valence-electron chi connectivity index (χ2n) is 14.0. The van der Waals surface area contributed by atoms with Gasteiger partial charge in [-0.15, -0.1) is 5.10 Å². The maximum Gasteiger partial charge on any atom is 0.335 e. The van der Waals surface area contributed by atoms with Crippen LogP contribution in [0.15, 0.2) is 122 Å². The Morgan fingerprint density at radius 3 is 2.40 bits per heavy atom. The number of pyridine rings is 1. The van der Waals surface area contributed by atoms with E-state index in [1.165, 1.54) is 0 Å². The number of aromatic nitrogens is 5. The molecule has 0 saturated carbocycles. The number of imidazole rings is 1. The zero-order chi connectivity index (χ0) is 39.9. The van der Waals surface area contributed by atoms with Crippen LogP contribution < -0.4 is 16.0 Å². The maximum atomic E-state index is 13.5. The Morgan fingerprint density at radius 2 is 1.64 bits per heavy atom. The van der Waals surface area contributed by atoms with Crippen LogP contribution in [-0.4, -0.2) is 70.0 Å². The van der Waals surface area contributed by atoms with Gasteiger partial charge in [-0.2, -0.15) is 0 Å². The Balaban J connectivity index is 0.916. The highest BCUT2D eigenvalue weighted by Crippen LogP contribution is 2.35. The summed E-state index contributed by atoms with van der Waals surface area (Å²) in [6, 6.07) is 32.5. The van der Waals surface area contributed by atoms with Gasteiger partial charge in [0, 0.05) is 29.6 Å². The van der Waals surface area contributed by atoms with Crippen LogP contribution in [0.3, 0.4) is 0 Å². The molecule has 58 heavy (non-hydrogen) atoms. The molecule has 0 bridgehead atoms. The molecule has 1 atom stereocenters. The lowest BCUT2D eigenvalue weighted by Crippen LogP contribution is -2.54. The number of aromatic carboxylic acids is 1. The number of carboxylic acid groups (broad SMARTS) is 1. The van der Waals surface area contributed by atoms with Crippen LogP contribution in [0.4, 0.5) is 17.2 Å². The highest BCUT2D eigenvalue weighted by Gasteiger charge is 2.45. The second kappa shape index (κ2) is 14.6. The predicted octanol–water partition coefficient (Wildman–Crippen LogP) is 5.76. The average Bonchev–Trinajstić information content (AvgIpc) is 3.91. The van der Waals surface area contributed by atoms with E-state index in [1.54, 1.807) is 53.3 Å². The van der Waals surface area contributed by atoms with Crippen LogP contribution in [0.2, 0.25) is 0 Å². The van der Waals surface area contributed by atoms with Gasteiger partial charge in [-0.25, -0.2) is 14.5 Å². The van der Waals surface area contributed by atoms with Gasteiger partial charge in [0.15, 0.2) is 0 Å². The van der Waals surface area contributed by atoms with Crippen molar-refractivity contribution in [3.8, 4) is 22.4 Å². The number of amides is 4. The summed E-state index contributed by atoms with van der Waals surface area (Å²) in [5.41, 5.74) is 7.62. The molecule has 1 fully saturated rings. The van der Waals surface area contributed by atoms with Gasteiger partial charge in [-0.1, -0.05) is 65.9 Å². The number of nitrogens with one attached hydrogen (secondary N) is 3. The summed E-state index contributed by atoms with van der Waals surface area (Å²) in [5, 5.41) is 26.8. The molecule has 15 heteroatoms. The summed E-state index contributed by atoms with van der Waals surface area (Å²) in [5.74, 6) is -2.54. The topological polar surface area (TPSA) is 193 Å². The SMILES string of the molecule is O=C1CCC(N2C(=O)c3cccc(NCc4cn(Cc5ccc(-c6nc7cc(-c8ccccc8)ccn7c6Nc6ccc(C(=O)O)cc6)cc5)nn4)c3C2=O)C(=O)N1. The summed E-state index contributed by atoms with van der Waals surface area (Å²) in [4.78, 5) is 68.3. The van der Waals surface area contributed by atoms with Crippen LogP contribution in [0.5, 0.6) is 0 Å². The minimum absolute atomic E-state index is 0.0411. The standard InChI is InChI=1S/C43H33N9O6/c53-36-18-17-34(40(54)47-36)52-41(55)32-7-4-8-33(37(32)42(52)56)44-22-31-24-50(49-48-31)23-25-9-11-27(12-10-25)38-39(45-30-15-13-28(14-16-30)43(57)58)51-20-19-29(21-35(51)46-38)26-5-2-1-3-6-26/h1-16,19-21,24,34,44-45H,17-18,22-23H2,(H,57,58)(H,47,53,54). The lowest BCUT2D eigenvalue weighted by Gasteiger charge is -2.27. The van der Waals surface area contributed by atoms with E-state index >= 15 is 0 Å². The number of imide groups is 2. The molecule has 7 aromatic rings. The zero-order valence-electron chi connectivity index (χ0n) is 30.6. The number of hydrogen-bond donors (Lipinski definition) is 4. The Kier molecular flexibility index (Phi) is 9.01. The first-order valence-corrected chi connectivity index (χ1v) is 18.4. The molecule has 1 saturated heterocycles. The van der Waals surface area contributed by atoms with Gasteiger partial charge in [-0.05, 0) is 71.6 Å². The Hall–Kier alpha value is -7.94. The summed E-state index contributed by atoms with van der Waals surface area (Å²) < 4.78 is 3.67. The lowest BCUT2D eigenvalue weighted by atomic mass is 10.0. The average molecular weight is 772 g/mol. The van der Waals surface area contributed by atoms with E-state index in [1.807, 2.05) is 77.3 Å². The van der Waals surface area contributed by atoms with E-state index in [2.05, 4.69) is 26.3 Å². The lowest BCUT2D eigenvalue weighted by molar-refractivity contribution is -0.136. The number of piperidine rings is 1. The largest absolute Gasteiger partial charge is 0.478 e. The molecule has 4 amide bonds. The summed E-state index contributed by atoms with van der Waals surface area (Å²) in [6.07, 6.45) is 3.87. The minimum atomic E-state index is -1.05. The first kappa shape index (κ1) is 35.7. The molecule has 286 valence electrons. The normalized spacial score (nSPS) is 15.1. The molecule has 5 heterocycles. The number of rotatable bonds is 11. The van der Waals surface area contributed by atoms with Crippen LogP contribution in [0.25, 0.3) is 28.0 Å². The third kappa shape index (κ3) is 6.70. The Morgan fingerprint density at radius 1 is 0.845 bits per heavy atom. The van der Waals surface area contributed by atoms with Crippen LogP contribution >= 0.6 is 0 Å². The first-order valence-electron chi connectivity index (χ1n) is 18.4. The van der Waals surface area contributed by atoms with Crippen molar-refractivity contribution >= 4 is 52.4 Å². The van der Waals surface area contributed by atoms with Crippen molar-refractivity contribution in [3.05, 3.63) is 150 Å². The van der Waals surface area contributed by atoms with Crippen molar-refractivity contribution in [2.75, 3.05) is 10.6 Å².